The van der Waals surface area contributed by atoms with E-state index in [1.54, 1.807) is 30.3 Å². The molecule has 0 unspecified atom stereocenters. The molecule has 2 amide bonds. The van der Waals surface area contributed by atoms with Crippen molar-refractivity contribution < 1.29 is 42.9 Å². The van der Waals surface area contributed by atoms with E-state index in [2.05, 4.69) is 25.7 Å². The number of oxazole rings is 1. The molecule has 0 aliphatic rings. The van der Waals surface area contributed by atoms with Crippen LogP contribution in [0.3, 0.4) is 0 Å². The molecule has 0 saturated carbocycles. The SMILES string of the molecule is CC(C)C[C@H](CC(=O)[C@@H](O)[C@H](N)Cc1ccccc1)C(=O)NCCOCCOCCOCCOc1ccc(C(=O)Nc2ccc3oc(-c4ccc(=O)n(C)n4)nc3c2)nc1. The summed E-state index contributed by atoms with van der Waals surface area (Å²) in [6.07, 6.45) is 0.874. The quantitative estimate of drug-likeness (QED) is 0.0619. The van der Waals surface area contributed by atoms with Crippen LogP contribution in [0.2, 0.25) is 0 Å². The summed E-state index contributed by atoms with van der Waals surface area (Å²) >= 11 is 0. The van der Waals surface area contributed by atoms with Crippen molar-refractivity contribution in [3.63, 3.8) is 0 Å². The number of hydrogen-bond acceptors (Lipinski definition) is 14. The lowest BCUT2D eigenvalue weighted by atomic mass is 9.88. The summed E-state index contributed by atoms with van der Waals surface area (Å²) in [4.78, 5) is 58.9. The van der Waals surface area contributed by atoms with Crippen LogP contribution in [-0.4, -0.2) is 107 Å². The molecule has 3 aromatic heterocycles. The highest BCUT2D eigenvalue weighted by molar-refractivity contribution is 6.03. The minimum Gasteiger partial charge on any atom is -0.490 e. The fourth-order valence-corrected chi connectivity index (χ4v) is 6.13. The van der Waals surface area contributed by atoms with Gasteiger partial charge in [0, 0.05) is 43.7 Å². The Kier molecular flexibility index (Phi) is 17.4. The lowest BCUT2D eigenvalue weighted by Crippen LogP contribution is -2.44. The largest absolute Gasteiger partial charge is 0.490 e. The van der Waals surface area contributed by atoms with Crippen LogP contribution in [0.1, 0.15) is 42.7 Å². The number of nitrogens with zero attached hydrogens (tertiary/aromatic N) is 4. The fourth-order valence-electron chi connectivity index (χ4n) is 6.13. The Hall–Kier alpha value is -5.85. The summed E-state index contributed by atoms with van der Waals surface area (Å²) in [7, 11) is 1.54. The maximum Gasteiger partial charge on any atom is 0.274 e. The lowest BCUT2D eigenvalue weighted by Gasteiger charge is -2.22. The first-order chi connectivity index (χ1) is 29.0. The van der Waals surface area contributed by atoms with Gasteiger partial charge < -0.3 is 44.8 Å². The summed E-state index contributed by atoms with van der Waals surface area (Å²) in [5.74, 6) is -0.786. The standard InChI is InChI=1S/C43H53N7O10/c1-28(2)23-30(25-37(51)40(53)33(44)24-29-7-5-4-6-8-29)41(54)45-15-16-56-17-18-57-19-20-58-21-22-59-32-10-11-34(46-27-32)42(55)47-31-9-13-38-36(26-31)48-43(60-38)35-12-14-39(52)50(3)49-35/h4-14,26-28,30,33,40,53H,15-25,44H2,1-3H3,(H,45,54)(H,47,55)/t30-,33-,40+/m1/s1. The van der Waals surface area contributed by atoms with Crippen molar-refractivity contribution in [1.29, 1.82) is 0 Å². The fraction of sp³-hybridized carbons (Fsp3) is 0.419. The highest BCUT2D eigenvalue weighted by Gasteiger charge is 2.29. The zero-order chi connectivity index (χ0) is 42.9. The Labute approximate surface area is 347 Å². The number of Topliss-reactive ketones (excluding diaryl/α,β-unsaturated/α-hetero) is 1. The van der Waals surface area contributed by atoms with Crippen LogP contribution >= 0.6 is 0 Å². The molecule has 3 atom stereocenters. The maximum absolute atomic E-state index is 12.9. The number of pyridine rings is 1. The smallest absolute Gasteiger partial charge is 0.274 e. The first kappa shape index (κ1) is 45.2. The number of nitrogens with one attached hydrogen (secondary N) is 2. The van der Waals surface area contributed by atoms with Crippen LogP contribution < -0.4 is 26.7 Å². The van der Waals surface area contributed by atoms with E-state index in [0.717, 1.165) is 5.56 Å². The Morgan fingerprint density at radius 2 is 1.62 bits per heavy atom. The summed E-state index contributed by atoms with van der Waals surface area (Å²) < 4.78 is 29.3. The number of ether oxygens (including phenoxy) is 4. The zero-order valence-corrected chi connectivity index (χ0v) is 34.1. The minimum atomic E-state index is -1.35. The number of fused-ring (bicyclic) bond motifs is 1. The predicted molar refractivity (Wildman–Crippen MR) is 222 cm³/mol. The second-order valence-electron chi connectivity index (χ2n) is 14.5. The van der Waals surface area contributed by atoms with Crippen LogP contribution in [0.5, 0.6) is 5.75 Å². The molecule has 2 aromatic carbocycles. The van der Waals surface area contributed by atoms with Gasteiger partial charge in [0.15, 0.2) is 11.4 Å². The average molecular weight is 828 g/mol. The lowest BCUT2D eigenvalue weighted by molar-refractivity contribution is -0.134. The van der Waals surface area contributed by atoms with Crippen LogP contribution in [-0.2, 0) is 37.3 Å². The van der Waals surface area contributed by atoms with Crippen LogP contribution in [0.4, 0.5) is 5.69 Å². The Balaban J connectivity index is 0.891. The summed E-state index contributed by atoms with van der Waals surface area (Å²) in [5, 5.41) is 20.4. The number of aliphatic hydroxyl groups excluding tert-OH is 1. The molecular weight excluding hydrogens is 775 g/mol. The molecule has 0 fully saturated rings. The van der Waals surface area contributed by atoms with Gasteiger partial charge >= 0.3 is 0 Å². The Morgan fingerprint density at radius 1 is 0.900 bits per heavy atom. The van der Waals surface area contributed by atoms with E-state index in [0.29, 0.717) is 74.1 Å². The second kappa shape index (κ2) is 23.1. The number of nitrogens with two attached hydrogens (primary N) is 1. The molecule has 0 radical (unpaired) electrons. The molecule has 0 saturated heterocycles. The second-order valence-corrected chi connectivity index (χ2v) is 14.5. The molecule has 0 spiro atoms. The summed E-state index contributed by atoms with van der Waals surface area (Å²) in [6.45, 7) is 6.47. The van der Waals surface area contributed by atoms with Crippen molar-refractivity contribution in [2.75, 3.05) is 58.1 Å². The van der Waals surface area contributed by atoms with Crippen molar-refractivity contribution in [3.8, 4) is 17.3 Å². The van der Waals surface area contributed by atoms with Crippen LogP contribution in [0, 0.1) is 11.8 Å². The molecule has 320 valence electrons. The number of aliphatic hydroxyl groups is 1. The topological polar surface area (TPSA) is 232 Å². The molecule has 5 N–H and O–H groups in total. The van der Waals surface area contributed by atoms with Gasteiger partial charge in [-0.25, -0.2) is 14.6 Å². The average Bonchev–Trinajstić information content (AvgIpc) is 3.67. The number of aromatic nitrogens is 4. The van der Waals surface area contributed by atoms with Gasteiger partial charge in [0.05, 0.1) is 45.8 Å². The van der Waals surface area contributed by atoms with Gasteiger partial charge in [-0.05, 0) is 60.7 Å². The molecule has 5 aromatic rings. The van der Waals surface area contributed by atoms with Gasteiger partial charge in [-0.15, -0.1) is 0 Å². The van der Waals surface area contributed by atoms with Gasteiger partial charge in [-0.1, -0.05) is 44.2 Å². The van der Waals surface area contributed by atoms with E-state index < -0.39 is 29.8 Å². The van der Waals surface area contributed by atoms with E-state index in [1.807, 2.05) is 44.2 Å². The van der Waals surface area contributed by atoms with E-state index in [4.69, 9.17) is 29.1 Å². The monoisotopic (exact) mass is 827 g/mol. The highest BCUT2D eigenvalue weighted by atomic mass is 16.6. The normalized spacial score (nSPS) is 12.9. The number of amides is 2. The van der Waals surface area contributed by atoms with E-state index in [1.165, 1.54) is 30.1 Å². The van der Waals surface area contributed by atoms with Gasteiger partial charge in [0.25, 0.3) is 11.5 Å². The molecular formula is C43H53N7O10. The molecule has 0 aliphatic carbocycles. The number of benzene rings is 2. The number of aryl methyl sites for hydroxylation is 1. The van der Waals surface area contributed by atoms with E-state index in [-0.39, 0.29) is 55.1 Å². The van der Waals surface area contributed by atoms with Crippen molar-refractivity contribution in [2.24, 2.45) is 24.6 Å². The highest BCUT2D eigenvalue weighted by Crippen LogP contribution is 2.25. The van der Waals surface area contributed by atoms with Crippen molar-refractivity contribution >= 4 is 34.4 Å². The minimum absolute atomic E-state index is 0.0868. The van der Waals surface area contributed by atoms with E-state index in [9.17, 15) is 24.3 Å². The van der Waals surface area contributed by atoms with Crippen LogP contribution in [0.15, 0.2) is 88.2 Å². The van der Waals surface area contributed by atoms with Crippen molar-refractivity contribution in [1.82, 2.24) is 25.1 Å². The molecule has 17 nitrogen and oxygen atoms in total. The zero-order valence-electron chi connectivity index (χ0n) is 34.1. The molecule has 3 heterocycles. The number of rotatable bonds is 25. The number of hydrogen-bond donors (Lipinski definition) is 4. The first-order valence-corrected chi connectivity index (χ1v) is 19.8. The van der Waals surface area contributed by atoms with Gasteiger partial charge in [-0.3, -0.25) is 19.2 Å². The van der Waals surface area contributed by atoms with Crippen molar-refractivity contribution in [3.05, 3.63) is 101 Å². The Morgan fingerprint density at radius 3 is 2.30 bits per heavy atom. The van der Waals surface area contributed by atoms with Gasteiger partial charge in [0.1, 0.15) is 35.4 Å². The van der Waals surface area contributed by atoms with Crippen molar-refractivity contribution in [2.45, 2.75) is 45.3 Å². The third-order valence-corrected chi connectivity index (χ3v) is 9.20. The number of carbonyl (C=O) groups is 3. The molecule has 0 bridgehead atoms. The molecule has 0 aliphatic heterocycles. The molecule has 5 rings (SSSR count). The number of ketones is 1. The number of carbonyl (C=O) groups excluding carboxylic acids is 3. The third kappa shape index (κ3) is 14.2. The summed E-state index contributed by atoms with van der Waals surface area (Å²) in [6, 6.07) is 19.8. The summed E-state index contributed by atoms with van der Waals surface area (Å²) in [5.41, 5.74) is 8.90. The molecule has 60 heavy (non-hydrogen) atoms. The maximum atomic E-state index is 12.9. The molecule has 17 heteroatoms. The van der Waals surface area contributed by atoms with E-state index >= 15 is 0 Å². The van der Waals surface area contributed by atoms with Gasteiger partial charge in [0.2, 0.25) is 11.8 Å². The first-order valence-electron chi connectivity index (χ1n) is 19.8. The predicted octanol–water partition coefficient (Wildman–Crippen LogP) is 3.33. The van der Waals surface area contributed by atoms with Crippen LogP contribution in [0.25, 0.3) is 22.7 Å². The Bertz CT molecular complexity index is 2190. The third-order valence-electron chi connectivity index (χ3n) is 9.20. The van der Waals surface area contributed by atoms with Gasteiger partial charge in [-0.2, -0.15) is 5.10 Å². The number of anilines is 1.